The van der Waals surface area contributed by atoms with Gasteiger partial charge in [-0.15, -0.1) is 0 Å². The lowest BCUT2D eigenvalue weighted by Crippen LogP contribution is -2.55. The topological polar surface area (TPSA) is 32.5 Å². The minimum absolute atomic E-state index is 0.713. The number of anilines is 1. The van der Waals surface area contributed by atoms with Gasteiger partial charge in [0.2, 0.25) is 0 Å². The van der Waals surface area contributed by atoms with Crippen LogP contribution in [0.1, 0.15) is 31.7 Å². The molecular weight excluding hydrogens is 246 g/mol. The highest BCUT2D eigenvalue weighted by Gasteiger charge is 2.33. The van der Waals surface area contributed by atoms with Crippen molar-refractivity contribution < 1.29 is 0 Å². The molecule has 2 aliphatic rings. The van der Waals surface area contributed by atoms with Crippen LogP contribution in [0.4, 0.5) is 5.69 Å². The quantitative estimate of drug-likeness (QED) is 0.855. The van der Waals surface area contributed by atoms with Gasteiger partial charge in [-0.1, -0.05) is 12.1 Å². The van der Waals surface area contributed by atoms with Crippen LogP contribution in [0.25, 0.3) is 0 Å². The van der Waals surface area contributed by atoms with Crippen LogP contribution >= 0.6 is 0 Å². The van der Waals surface area contributed by atoms with Crippen molar-refractivity contribution in [1.29, 1.82) is 0 Å². The van der Waals surface area contributed by atoms with E-state index in [0.29, 0.717) is 6.04 Å². The van der Waals surface area contributed by atoms with Gasteiger partial charge in [-0.3, -0.25) is 9.80 Å². The van der Waals surface area contributed by atoms with Crippen molar-refractivity contribution in [1.82, 2.24) is 9.80 Å². The van der Waals surface area contributed by atoms with Crippen molar-refractivity contribution in [2.75, 3.05) is 31.9 Å². The van der Waals surface area contributed by atoms with E-state index in [9.17, 15) is 0 Å². The van der Waals surface area contributed by atoms with Crippen molar-refractivity contribution in [3.8, 4) is 0 Å². The molecule has 2 atom stereocenters. The van der Waals surface area contributed by atoms with Gasteiger partial charge in [-0.2, -0.15) is 0 Å². The van der Waals surface area contributed by atoms with E-state index in [4.69, 9.17) is 5.73 Å². The first-order valence-electron chi connectivity index (χ1n) is 8.05. The zero-order valence-electron chi connectivity index (χ0n) is 12.6. The summed E-state index contributed by atoms with van der Waals surface area (Å²) in [6.45, 7) is 7.47. The van der Waals surface area contributed by atoms with E-state index < -0.39 is 0 Å². The van der Waals surface area contributed by atoms with Gasteiger partial charge < -0.3 is 5.73 Å². The van der Waals surface area contributed by atoms with Crippen molar-refractivity contribution in [2.24, 2.45) is 0 Å². The third-order valence-corrected chi connectivity index (χ3v) is 4.93. The van der Waals surface area contributed by atoms with Crippen LogP contribution in [0, 0.1) is 0 Å². The molecule has 0 saturated carbocycles. The Bertz CT molecular complexity index is 446. The lowest BCUT2D eigenvalue weighted by molar-refractivity contribution is 0.0589. The summed E-state index contributed by atoms with van der Waals surface area (Å²) < 4.78 is 0. The highest BCUT2D eigenvalue weighted by atomic mass is 15.3. The van der Waals surface area contributed by atoms with Gasteiger partial charge in [0.05, 0.1) is 0 Å². The van der Waals surface area contributed by atoms with Gasteiger partial charge in [0.1, 0.15) is 0 Å². The number of piperazine rings is 1. The Hall–Kier alpha value is -1.06. The van der Waals surface area contributed by atoms with Gasteiger partial charge in [-0.25, -0.2) is 0 Å². The lowest BCUT2D eigenvalue weighted by Gasteiger charge is -2.42. The number of fused-ring (bicyclic) bond motifs is 1. The molecule has 3 rings (SSSR count). The van der Waals surface area contributed by atoms with Crippen molar-refractivity contribution >= 4 is 5.69 Å². The molecule has 0 aliphatic carbocycles. The van der Waals surface area contributed by atoms with Gasteiger partial charge in [-0.05, 0) is 63.4 Å². The van der Waals surface area contributed by atoms with Crippen LogP contribution < -0.4 is 5.73 Å². The Morgan fingerprint density at radius 3 is 3.05 bits per heavy atom. The minimum Gasteiger partial charge on any atom is -0.399 e. The summed E-state index contributed by atoms with van der Waals surface area (Å²) >= 11 is 0. The lowest BCUT2D eigenvalue weighted by atomic mass is 10.1. The summed E-state index contributed by atoms with van der Waals surface area (Å²) in [6, 6.07) is 9.87. The van der Waals surface area contributed by atoms with Crippen LogP contribution in [0.2, 0.25) is 0 Å². The van der Waals surface area contributed by atoms with E-state index in [1.165, 1.54) is 51.0 Å². The fourth-order valence-corrected chi connectivity index (χ4v) is 3.79. The SMILES string of the molecule is CC1CN2CCCC2CN1CCCc1cccc(N)c1. The molecule has 0 aromatic heterocycles. The highest BCUT2D eigenvalue weighted by molar-refractivity contribution is 5.40. The van der Waals surface area contributed by atoms with Crippen molar-refractivity contribution in [3.05, 3.63) is 29.8 Å². The molecule has 20 heavy (non-hydrogen) atoms. The van der Waals surface area contributed by atoms with E-state index >= 15 is 0 Å². The summed E-state index contributed by atoms with van der Waals surface area (Å²) in [5, 5.41) is 0. The first-order chi connectivity index (χ1) is 9.72. The molecule has 0 amide bonds. The maximum atomic E-state index is 5.84. The number of hydrogen-bond acceptors (Lipinski definition) is 3. The van der Waals surface area contributed by atoms with Crippen molar-refractivity contribution in [3.63, 3.8) is 0 Å². The number of benzene rings is 1. The number of aryl methyl sites for hydroxylation is 1. The molecule has 2 aliphatic heterocycles. The van der Waals surface area contributed by atoms with Crippen molar-refractivity contribution in [2.45, 2.75) is 44.7 Å². The average molecular weight is 273 g/mol. The van der Waals surface area contributed by atoms with E-state index in [1.54, 1.807) is 0 Å². The first-order valence-corrected chi connectivity index (χ1v) is 8.05. The smallest absolute Gasteiger partial charge is 0.0316 e. The Labute approximate surface area is 122 Å². The Kier molecular flexibility index (Phi) is 4.27. The van der Waals surface area contributed by atoms with Gasteiger partial charge in [0, 0.05) is 30.9 Å². The fourth-order valence-electron chi connectivity index (χ4n) is 3.79. The molecule has 0 spiro atoms. The van der Waals surface area contributed by atoms with Crippen LogP contribution in [-0.2, 0) is 6.42 Å². The Balaban J connectivity index is 1.48. The second-order valence-corrected chi connectivity index (χ2v) is 6.48. The zero-order valence-corrected chi connectivity index (χ0v) is 12.6. The summed E-state index contributed by atoms with van der Waals surface area (Å²) in [6.07, 6.45) is 5.18. The summed E-state index contributed by atoms with van der Waals surface area (Å²) in [7, 11) is 0. The third-order valence-electron chi connectivity index (χ3n) is 4.93. The number of hydrogen-bond donors (Lipinski definition) is 1. The van der Waals surface area contributed by atoms with Crippen LogP contribution in [0.3, 0.4) is 0 Å². The summed E-state index contributed by atoms with van der Waals surface area (Å²) in [5.41, 5.74) is 8.09. The highest BCUT2D eigenvalue weighted by Crippen LogP contribution is 2.24. The molecular formula is C17H27N3. The molecule has 1 aromatic carbocycles. The summed E-state index contributed by atoms with van der Waals surface area (Å²) in [5.74, 6) is 0. The minimum atomic E-state index is 0.713. The Morgan fingerprint density at radius 2 is 2.20 bits per heavy atom. The molecule has 1 aromatic rings. The molecule has 0 bridgehead atoms. The molecule has 2 fully saturated rings. The Morgan fingerprint density at radius 1 is 1.30 bits per heavy atom. The molecule has 2 unspecified atom stereocenters. The van der Waals surface area contributed by atoms with E-state index in [1.807, 2.05) is 6.07 Å². The van der Waals surface area contributed by atoms with E-state index in [2.05, 4.69) is 34.9 Å². The van der Waals surface area contributed by atoms with E-state index in [0.717, 1.165) is 18.2 Å². The third kappa shape index (κ3) is 3.15. The number of nitrogens with zero attached hydrogens (tertiary/aromatic N) is 2. The maximum absolute atomic E-state index is 5.84. The van der Waals surface area contributed by atoms with Crippen LogP contribution in [0.15, 0.2) is 24.3 Å². The maximum Gasteiger partial charge on any atom is 0.0316 e. The predicted octanol–water partition coefficient (Wildman–Crippen LogP) is 2.37. The summed E-state index contributed by atoms with van der Waals surface area (Å²) in [4.78, 5) is 5.39. The van der Waals surface area contributed by atoms with Crippen LogP contribution in [-0.4, -0.2) is 48.1 Å². The largest absolute Gasteiger partial charge is 0.399 e. The predicted molar refractivity (Wildman–Crippen MR) is 84.8 cm³/mol. The standard InChI is InChI=1S/C17H27N3/c1-14-12-20-10-4-8-17(20)13-19(14)9-3-6-15-5-2-7-16(18)11-15/h2,5,7,11,14,17H,3-4,6,8-10,12-13,18H2,1H3. The molecule has 3 nitrogen and oxygen atoms in total. The molecule has 0 radical (unpaired) electrons. The fraction of sp³-hybridized carbons (Fsp3) is 0.647. The second kappa shape index (κ2) is 6.15. The molecule has 110 valence electrons. The zero-order chi connectivity index (χ0) is 13.9. The normalized spacial score (nSPS) is 27.6. The van der Waals surface area contributed by atoms with Gasteiger partial charge in [0.25, 0.3) is 0 Å². The number of rotatable bonds is 4. The second-order valence-electron chi connectivity index (χ2n) is 6.48. The number of nitrogens with two attached hydrogens (primary N) is 1. The molecule has 2 saturated heterocycles. The van der Waals surface area contributed by atoms with Gasteiger partial charge >= 0.3 is 0 Å². The molecule has 3 heteroatoms. The molecule has 2 heterocycles. The monoisotopic (exact) mass is 273 g/mol. The first kappa shape index (κ1) is 13.9. The van der Waals surface area contributed by atoms with Gasteiger partial charge in [0.15, 0.2) is 0 Å². The van der Waals surface area contributed by atoms with E-state index in [-0.39, 0.29) is 0 Å². The average Bonchev–Trinajstić information content (AvgIpc) is 2.86. The number of nitrogen functional groups attached to an aromatic ring is 1. The van der Waals surface area contributed by atoms with Crippen LogP contribution in [0.5, 0.6) is 0 Å². The molecule has 2 N–H and O–H groups in total.